The van der Waals surface area contributed by atoms with Gasteiger partial charge in [0.15, 0.2) is 0 Å². The average molecular weight is 332 g/mol. The molecule has 0 radical (unpaired) electrons. The number of anilines is 1. The van der Waals surface area contributed by atoms with E-state index in [1.165, 1.54) is 36.4 Å². The third kappa shape index (κ3) is 4.64. The van der Waals surface area contributed by atoms with Gasteiger partial charge >= 0.3 is 6.61 Å². The van der Waals surface area contributed by atoms with Crippen molar-refractivity contribution in [1.82, 2.24) is 0 Å². The van der Waals surface area contributed by atoms with Crippen molar-refractivity contribution in [2.75, 3.05) is 5.32 Å². The normalized spacial score (nSPS) is 10.8. The maximum Gasteiger partial charge on any atom is 0.387 e. The minimum absolute atomic E-state index is 0.0471. The van der Waals surface area contributed by atoms with Crippen LogP contribution in [0.15, 0.2) is 54.6 Å². The lowest BCUT2D eigenvalue weighted by molar-refractivity contribution is -0.111. The minimum atomic E-state index is -2.96. The number of carbonyl (C=O) groups is 2. The molecule has 2 aromatic carbocycles. The number of primary amides is 1. The number of nitrogens with two attached hydrogens (primary N) is 1. The molecule has 0 spiro atoms. The molecule has 124 valence electrons. The van der Waals surface area contributed by atoms with Crippen LogP contribution < -0.4 is 15.8 Å². The van der Waals surface area contributed by atoms with E-state index in [1.54, 1.807) is 18.2 Å². The highest BCUT2D eigenvalue weighted by molar-refractivity contribution is 6.07. The summed E-state index contributed by atoms with van der Waals surface area (Å²) in [6.45, 7) is -2.96. The number of rotatable bonds is 6. The number of hydrogen-bond acceptors (Lipinski definition) is 3. The Labute approximate surface area is 136 Å². The van der Waals surface area contributed by atoms with E-state index in [4.69, 9.17) is 5.73 Å². The maximum absolute atomic E-state index is 12.3. The molecule has 2 aromatic rings. The summed E-state index contributed by atoms with van der Waals surface area (Å²) in [6.07, 6.45) is 2.48. The van der Waals surface area contributed by atoms with Crippen LogP contribution >= 0.6 is 0 Å². The first kappa shape index (κ1) is 17.1. The summed E-state index contributed by atoms with van der Waals surface area (Å²) in [7, 11) is 0. The Balaban J connectivity index is 2.13. The highest BCUT2D eigenvalue weighted by atomic mass is 19.3. The first-order valence-electron chi connectivity index (χ1n) is 6.89. The van der Waals surface area contributed by atoms with Crippen LogP contribution in [0.25, 0.3) is 6.08 Å². The van der Waals surface area contributed by atoms with Crippen molar-refractivity contribution in [2.45, 2.75) is 6.61 Å². The predicted molar refractivity (Wildman–Crippen MR) is 85.7 cm³/mol. The summed E-state index contributed by atoms with van der Waals surface area (Å²) in [5.41, 5.74) is 5.97. The van der Waals surface area contributed by atoms with Gasteiger partial charge in [-0.25, -0.2) is 0 Å². The molecule has 0 heterocycles. The number of para-hydroxylation sites is 2. The number of nitrogens with one attached hydrogen (secondary N) is 1. The van der Waals surface area contributed by atoms with Crippen LogP contribution in [0.1, 0.15) is 15.9 Å². The molecular weight excluding hydrogens is 318 g/mol. The van der Waals surface area contributed by atoms with Crippen molar-refractivity contribution < 1.29 is 23.1 Å². The van der Waals surface area contributed by atoms with Crippen molar-refractivity contribution in [3.8, 4) is 5.75 Å². The Morgan fingerprint density at radius 2 is 1.75 bits per heavy atom. The van der Waals surface area contributed by atoms with E-state index in [1.807, 2.05) is 0 Å². The van der Waals surface area contributed by atoms with E-state index in [2.05, 4.69) is 10.1 Å². The molecule has 2 amide bonds. The summed E-state index contributed by atoms with van der Waals surface area (Å²) in [4.78, 5) is 23.3. The SMILES string of the molecule is NC(=O)c1ccccc1NC(=O)/C=C/c1ccccc1OC(F)F. The summed E-state index contributed by atoms with van der Waals surface area (Å²) >= 11 is 0. The predicted octanol–water partition coefficient (Wildman–Crippen LogP) is 3.04. The van der Waals surface area contributed by atoms with Crippen molar-refractivity contribution in [3.63, 3.8) is 0 Å². The number of amides is 2. The summed E-state index contributed by atoms with van der Waals surface area (Å²) in [5, 5.41) is 2.51. The molecule has 0 bridgehead atoms. The molecule has 0 saturated heterocycles. The molecule has 0 saturated carbocycles. The number of carbonyl (C=O) groups excluding carboxylic acids is 2. The molecule has 0 aromatic heterocycles. The van der Waals surface area contributed by atoms with Gasteiger partial charge in [-0.05, 0) is 24.3 Å². The number of halogens is 2. The van der Waals surface area contributed by atoms with Crippen molar-refractivity contribution >= 4 is 23.6 Å². The molecule has 0 fully saturated rings. The zero-order chi connectivity index (χ0) is 17.5. The number of benzene rings is 2. The van der Waals surface area contributed by atoms with Gasteiger partial charge in [-0.15, -0.1) is 0 Å². The summed E-state index contributed by atoms with van der Waals surface area (Å²) in [6, 6.07) is 12.3. The van der Waals surface area contributed by atoms with E-state index in [9.17, 15) is 18.4 Å². The van der Waals surface area contributed by atoms with E-state index in [-0.39, 0.29) is 17.0 Å². The number of hydrogen-bond donors (Lipinski definition) is 2. The van der Waals surface area contributed by atoms with Crippen LogP contribution in [0.2, 0.25) is 0 Å². The van der Waals surface area contributed by atoms with Crippen LogP contribution in [0, 0.1) is 0 Å². The van der Waals surface area contributed by atoms with Crippen molar-refractivity contribution in [3.05, 3.63) is 65.7 Å². The van der Waals surface area contributed by atoms with Gasteiger partial charge in [-0.3, -0.25) is 9.59 Å². The van der Waals surface area contributed by atoms with Gasteiger partial charge in [0.1, 0.15) is 5.75 Å². The Morgan fingerprint density at radius 1 is 1.08 bits per heavy atom. The fourth-order valence-electron chi connectivity index (χ4n) is 1.97. The molecule has 0 atom stereocenters. The molecule has 7 heteroatoms. The second kappa shape index (κ2) is 7.87. The van der Waals surface area contributed by atoms with Crippen LogP contribution in [0.3, 0.4) is 0 Å². The Hall–Kier alpha value is -3.22. The van der Waals surface area contributed by atoms with Crippen LogP contribution in [0.5, 0.6) is 5.75 Å². The molecule has 0 aliphatic carbocycles. The fraction of sp³-hybridized carbons (Fsp3) is 0.0588. The molecule has 2 rings (SSSR count). The van der Waals surface area contributed by atoms with Gasteiger partial charge in [-0.1, -0.05) is 30.3 Å². The largest absolute Gasteiger partial charge is 0.434 e. The van der Waals surface area contributed by atoms with Gasteiger partial charge < -0.3 is 15.8 Å². The average Bonchev–Trinajstić information content (AvgIpc) is 2.54. The monoisotopic (exact) mass is 332 g/mol. The van der Waals surface area contributed by atoms with E-state index < -0.39 is 18.4 Å². The number of alkyl halides is 2. The highest BCUT2D eigenvalue weighted by Gasteiger charge is 2.10. The smallest absolute Gasteiger partial charge is 0.387 e. The Kier molecular flexibility index (Phi) is 5.62. The lowest BCUT2D eigenvalue weighted by atomic mass is 10.1. The van der Waals surface area contributed by atoms with Crippen LogP contribution in [0.4, 0.5) is 14.5 Å². The first-order chi connectivity index (χ1) is 11.5. The second-order valence-corrected chi connectivity index (χ2v) is 4.65. The second-order valence-electron chi connectivity index (χ2n) is 4.65. The highest BCUT2D eigenvalue weighted by Crippen LogP contribution is 2.21. The van der Waals surface area contributed by atoms with E-state index in [0.717, 1.165) is 6.08 Å². The Morgan fingerprint density at radius 3 is 2.46 bits per heavy atom. The van der Waals surface area contributed by atoms with Crippen molar-refractivity contribution in [2.24, 2.45) is 5.73 Å². The Bertz CT molecular complexity index is 776. The van der Waals surface area contributed by atoms with Gasteiger partial charge in [0.25, 0.3) is 5.91 Å². The zero-order valence-corrected chi connectivity index (χ0v) is 12.4. The molecule has 3 N–H and O–H groups in total. The van der Waals surface area contributed by atoms with Crippen LogP contribution in [-0.2, 0) is 4.79 Å². The lowest BCUT2D eigenvalue weighted by Crippen LogP contribution is -2.16. The first-order valence-corrected chi connectivity index (χ1v) is 6.89. The van der Waals surface area contributed by atoms with Gasteiger partial charge in [0, 0.05) is 11.6 Å². The minimum Gasteiger partial charge on any atom is -0.434 e. The van der Waals surface area contributed by atoms with Gasteiger partial charge in [0.2, 0.25) is 5.91 Å². The van der Waals surface area contributed by atoms with E-state index >= 15 is 0 Å². The van der Waals surface area contributed by atoms with Crippen molar-refractivity contribution in [1.29, 1.82) is 0 Å². The third-order valence-corrected chi connectivity index (χ3v) is 3.00. The zero-order valence-electron chi connectivity index (χ0n) is 12.4. The van der Waals surface area contributed by atoms with Crippen LogP contribution in [-0.4, -0.2) is 18.4 Å². The molecule has 0 aliphatic rings. The van der Waals surface area contributed by atoms with E-state index in [0.29, 0.717) is 5.56 Å². The van der Waals surface area contributed by atoms with Gasteiger partial charge in [-0.2, -0.15) is 8.78 Å². The summed E-state index contributed by atoms with van der Waals surface area (Å²) < 4.78 is 29.0. The molecule has 24 heavy (non-hydrogen) atoms. The quantitative estimate of drug-likeness (QED) is 0.798. The fourth-order valence-corrected chi connectivity index (χ4v) is 1.97. The molecular formula is C17H14F2N2O3. The topological polar surface area (TPSA) is 81.4 Å². The molecule has 0 unspecified atom stereocenters. The number of ether oxygens (including phenoxy) is 1. The van der Waals surface area contributed by atoms with Gasteiger partial charge in [0.05, 0.1) is 11.3 Å². The molecule has 0 aliphatic heterocycles. The standard InChI is InChI=1S/C17H14F2N2O3/c18-17(19)24-14-8-4-1-5-11(14)9-10-15(22)21-13-7-3-2-6-12(13)16(20)23/h1-10,17H,(H2,20,23)(H,21,22)/b10-9+. The molecule has 5 nitrogen and oxygen atoms in total. The maximum atomic E-state index is 12.3. The summed E-state index contributed by atoms with van der Waals surface area (Å²) in [5.74, 6) is -1.27. The third-order valence-electron chi connectivity index (χ3n) is 3.00. The lowest BCUT2D eigenvalue weighted by Gasteiger charge is -2.08.